The molecule has 0 unspecified atom stereocenters. The van der Waals surface area contributed by atoms with Crippen molar-refractivity contribution in [3.8, 4) is 0 Å². The van der Waals surface area contributed by atoms with E-state index in [1.165, 1.54) is 0 Å². The molecule has 1 N–H and O–H groups in total. The fourth-order valence-electron chi connectivity index (χ4n) is 1.43. The number of hydrogen-bond donors (Lipinski definition) is 1. The average molecular weight is 262 g/mol. The molecule has 0 atom stereocenters. The number of rotatable bonds is 5. The van der Waals surface area contributed by atoms with Gasteiger partial charge in [-0.3, -0.25) is 4.98 Å². The number of thiazole rings is 1. The number of alkyl carbamates (subject to hydrolysis) is 1. The number of benzene rings is 1. The van der Waals surface area contributed by atoms with Crippen molar-refractivity contribution in [2.24, 2.45) is 0 Å². The first-order valence-corrected chi connectivity index (χ1v) is 6.54. The molecule has 1 aromatic heterocycles. The molecule has 0 aliphatic carbocycles. The Hall–Kier alpha value is -1.88. The summed E-state index contributed by atoms with van der Waals surface area (Å²) in [6.07, 6.45) is 2.20. The lowest BCUT2D eigenvalue weighted by atomic mass is 10.2. The molecule has 0 aliphatic rings. The Morgan fingerprint density at radius 3 is 2.89 bits per heavy atom. The van der Waals surface area contributed by atoms with Crippen molar-refractivity contribution < 1.29 is 9.53 Å². The molecule has 0 fully saturated rings. The van der Waals surface area contributed by atoms with Gasteiger partial charge in [-0.05, 0) is 5.56 Å². The van der Waals surface area contributed by atoms with E-state index in [1.807, 2.05) is 36.5 Å². The summed E-state index contributed by atoms with van der Waals surface area (Å²) >= 11 is 1.58. The number of nitrogens with one attached hydrogen (secondary N) is 1. The summed E-state index contributed by atoms with van der Waals surface area (Å²) in [4.78, 5) is 16.5. The van der Waals surface area contributed by atoms with E-state index in [-0.39, 0.29) is 6.09 Å². The minimum absolute atomic E-state index is 0.299. The van der Waals surface area contributed by atoms with Crippen LogP contribution in [-0.2, 0) is 17.8 Å². The minimum Gasteiger partial charge on any atom is -0.445 e. The van der Waals surface area contributed by atoms with Crippen LogP contribution in [0.2, 0.25) is 0 Å². The number of carbonyl (C=O) groups is 1. The van der Waals surface area contributed by atoms with E-state index in [2.05, 4.69) is 10.3 Å². The Balaban J connectivity index is 1.63. The Morgan fingerprint density at radius 1 is 1.33 bits per heavy atom. The van der Waals surface area contributed by atoms with Gasteiger partial charge in [-0.25, -0.2) is 4.79 Å². The molecule has 1 heterocycles. The van der Waals surface area contributed by atoms with Crippen LogP contribution in [0, 0.1) is 0 Å². The molecule has 0 radical (unpaired) electrons. The zero-order valence-electron chi connectivity index (χ0n) is 9.83. The van der Waals surface area contributed by atoms with Gasteiger partial charge in [0, 0.05) is 24.0 Å². The SMILES string of the molecule is O=C(NCCc1cncs1)OCc1ccccc1. The monoisotopic (exact) mass is 262 g/mol. The predicted octanol–water partition coefficient (Wildman–Crippen LogP) is 2.61. The quantitative estimate of drug-likeness (QED) is 0.901. The Morgan fingerprint density at radius 2 is 2.17 bits per heavy atom. The molecule has 4 nitrogen and oxygen atoms in total. The maximum absolute atomic E-state index is 11.4. The molecular formula is C13H14N2O2S. The summed E-state index contributed by atoms with van der Waals surface area (Å²) in [6.45, 7) is 0.864. The number of nitrogens with zero attached hydrogens (tertiary/aromatic N) is 1. The molecule has 1 aromatic carbocycles. The van der Waals surface area contributed by atoms with Crippen LogP contribution in [-0.4, -0.2) is 17.6 Å². The summed E-state index contributed by atoms with van der Waals surface area (Å²) in [5, 5.41) is 2.71. The first kappa shape index (κ1) is 12.6. The first-order valence-electron chi connectivity index (χ1n) is 5.66. The molecule has 0 spiro atoms. The van der Waals surface area contributed by atoms with Crippen LogP contribution in [0.25, 0.3) is 0 Å². The second-order valence-corrected chi connectivity index (χ2v) is 4.68. The van der Waals surface area contributed by atoms with E-state index in [0.717, 1.165) is 16.9 Å². The molecule has 1 amide bonds. The Bertz CT molecular complexity index is 471. The number of amides is 1. The van der Waals surface area contributed by atoms with Crippen molar-refractivity contribution in [1.82, 2.24) is 10.3 Å². The van der Waals surface area contributed by atoms with Crippen molar-refractivity contribution in [2.75, 3.05) is 6.54 Å². The van der Waals surface area contributed by atoms with E-state index in [0.29, 0.717) is 13.2 Å². The molecular weight excluding hydrogens is 248 g/mol. The zero-order valence-corrected chi connectivity index (χ0v) is 10.7. The maximum Gasteiger partial charge on any atom is 0.407 e. The third-order valence-corrected chi connectivity index (χ3v) is 3.18. The average Bonchev–Trinajstić information content (AvgIpc) is 2.91. The van der Waals surface area contributed by atoms with Crippen molar-refractivity contribution in [1.29, 1.82) is 0 Å². The van der Waals surface area contributed by atoms with Crippen LogP contribution >= 0.6 is 11.3 Å². The lowest BCUT2D eigenvalue weighted by Crippen LogP contribution is -2.26. The lowest BCUT2D eigenvalue weighted by Gasteiger charge is -2.06. The lowest BCUT2D eigenvalue weighted by molar-refractivity contribution is 0.140. The minimum atomic E-state index is -0.386. The molecule has 2 rings (SSSR count). The van der Waals surface area contributed by atoms with Crippen molar-refractivity contribution in [3.63, 3.8) is 0 Å². The third-order valence-electron chi connectivity index (χ3n) is 2.34. The number of aromatic nitrogens is 1. The predicted molar refractivity (Wildman–Crippen MR) is 70.4 cm³/mol. The molecule has 0 aliphatic heterocycles. The Kier molecular flexibility index (Phi) is 4.72. The number of ether oxygens (including phenoxy) is 1. The Labute approximate surface area is 110 Å². The second kappa shape index (κ2) is 6.76. The molecule has 5 heteroatoms. The summed E-state index contributed by atoms with van der Waals surface area (Å²) in [7, 11) is 0. The largest absolute Gasteiger partial charge is 0.445 e. The van der Waals surface area contributed by atoms with Gasteiger partial charge in [-0.2, -0.15) is 0 Å². The zero-order chi connectivity index (χ0) is 12.6. The van der Waals surface area contributed by atoms with Gasteiger partial charge in [0.2, 0.25) is 0 Å². The van der Waals surface area contributed by atoms with Crippen molar-refractivity contribution in [2.45, 2.75) is 13.0 Å². The fraction of sp³-hybridized carbons (Fsp3) is 0.231. The van der Waals surface area contributed by atoms with Gasteiger partial charge < -0.3 is 10.1 Å². The smallest absolute Gasteiger partial charge is 0.407 e. The highest BCUT2D eigenvalue weighted by Gasteiger charge is 2.02. The standard InChI is InChI=1S/C13H14N2O2S/c16-13(15-7-6-12-8-14-10-18-12)17-9-11-4-2-1-3-5-11/h1-5,8,10H,6-7,9H2,(H,15,16). The van der Waals surface area contributed by atoms with Crippen LogP contribution in [0.4, 0.5) is 4.79 Å². The summed E-state index contributed by atoms with van der Waals surface area (Å²) in [5.74, 6) is 0. The van der Waals surface area contributed by atoms with Gasteiger partial charge in [0.25, 0.3) is 0 Å². The van der Waals surface area contributed by atoms with Crippen LogP contribution < -0.4 is 5.32 Å². The van der Waals surface area contributed by atoms with E-state index in [9.17, 15) is 4.79 Å². The normalized spacial score (nSPS) is 10.0. The third kappa shape index (κ3) is 4.18. The highest BCUT2D eigenvalue weighted by molar-refractivity contribution is 7.09. The van der Waals surface area contributed by atoms with Crippen molar-refractivity contribution in [3.05, 3.63) is 52.5 Å². The van der Waals surface area contributed by atoms with Crippen LogP contribution in [0.3, 0.4) is 0 Å². The fourth-order valence-corrected chi connectivity index (χ4v) is 2.03. The number of hydrogen-bond acceptors (Lipinski definition) is 4. The molecule has 18 heavy (non-hydrogen) atoms. The highest BCUT2D eigenvalue weighted by atomic mass is 32.1. The molecule has 2 aromatic rings. The van der Waals surface area contributed by atoms with Gasteiger partial charge in [0.1, 0.15) is 6.61 Å². The van der Waals surface area contributed by atoms with Crippen LogP contribution in [0.5, 0.6) is 0 Å². The topological polar surface area (TPSA) is 51.2 Å². The second-order valence-electron chi connectivity index (χ2n) is 3.71. The van der Waals surface area contributed by atoms with Gasteiger partial charge >= 0.3 is 6.09 Å². The van der Waals surface area contributed by atoms with Gasteiger partial charge in [0.15, 0.2) is 0 Å². The van der Waals surface area contributed by atoms with Crippen LogP contribution in [0.1, 0.15) is 10.4 Å². The highest BCUT2D eigenvalue weighted by Crippen LogP contribution is 2.05. The van der Waals surface area contributed by atoms with Gasteiger partial charge in [0.05, 0.1) is 5.51 Å². The number of carbonyl (C=O) groups excluding carboxylic acids is 1. The van der Waals surface area contributed by atoms with Gasteiger partial charge in [-0.15, -0.1) is 11.3 Å². The van der Waals surface area contributed by atoms with Gasteiger partial charge in [-0.1, -0.05) is 30.3 Å². The summed E-state index contributed by atoms with van der Waals surface area (Å²) in [5.41, 5.74) is 2.76. The molecule has 0 saturated heterocycles. The molecule has 0 saturated carbocycles. The van der Waals surface area contributed by atoms with E-state index >= 15 is 0 Å². The molecule has 94 valence electrons. The van der Waals surface area contributed by atoms with E-state index < -0.39 is 0 Å². The summed E-state index contributed by atoms with van der Waals surface area (Å²) < 4.78 is 5.09. The van der Waals surface area contributed by atoms with E-state index in [4.69, 9.17) is 4.74 Å². The van der Waals surface area contributed by atoms with Crippen LogP contribution in [0.15, 0.2) is 42.0 Å². The molecule has 0 bridgehead atoms. The maximum atomic E-state index is 11.4. The first-order chi connectivity index (χ1) is 8.84. The van der Waals surface area contributed by atoms with Crippen molar-refractivity contribution >= 4 is 17.4 Å². The summed E-state index contributed by atoms with van der Waals surface area (Å²) in [6, 6.07) is 9.61. The van der Waals surface area contributed by atoms with E-state index in [1.54, 1.807) is 16.8 Å².